The number of aryl methyl sites for hydroxylation is 1. The second-order valence-corrected chi connectivity index (χ2v) is 4.21. The largest absolute Gasteiger partial charge is 0.495 e. The van der Waals surface area contributed by atoms with Crippen LogP contribution in [0.1, 0.15) is 23.0 Å². The van der Waals surface area contributed by atoms with Gasteiger partial charge in [-0.25, -0.2) is 0 Å². The molecule has 21 heavy (non-hydrogen) atoms. The summed E-state index contributed by atoms with van der Waals surface area (Å²) < 4.78 is 6.67. The summed E-state index contributed by atoms with van der Waals surface area (Å²) in [6.07, 6.45) is 1.42. The Kier molecular flexibility index (Phi) is 4.09. The average Bonchev–Trinajstić information content (AvgIpc) is 2.88. The molecule has 0 fully saturated rings. The molecular weight excluding hydrogens is 270 g/mol. The number of amides is 1. The second-order valence-electron chi connectivity index (χ2n) is 4.21. The van der Waals surface area contributed by atoms with Gasteiger partial charge in [0.25, 0.3) is 5.91 Å². The summed E-state index contributed by atoms with van der Waals surface area (Å²) in [5, 5.41) is 15.8. The summed E-state index contributed by atoms with van der Waals surface area (Å²) in [5.74, 6) is -0.0311. The van der Waals surface area contributed by atoms with E-state index in [4.69, 9.17) is 15.7 Å². The molecule has 1 amide bonds. The lowest BCUT2D eigenvalue weighted by molar-refractivity contribution is 0.101. The maximum atomic E-state index is 12.4. The fraction of sp³-hybridized carbons (Fsp3) is 0.214. The molecule has 0 aliphatic carbocycles. The summed E-state index contributed by atoms with van der Waals surface area (Å²) in [6, 6.07) is 6.95. The number of nitrogens with zero attached hydrogens (tertiary/aromatic N) is 3. The molecule has 0 radical (unpaired) electrons. The van der Waals surface area contributed by atoms with Gasteiger partial charge < -0.3 is 15.8 Å². The zero-order chi connectivity index (χ0) is 15.4. The number of anilines is 2. The Labute approximate surface area is 121 Å². The van der Waals surface area contributed by atoms with Crippen LogP contribution in [0.5, 0.6) is 5.75 Å². The van der Waals surface area contributed by atoms with Crippen LogP contribution in [0, 0.1) is 11.3 Å². The summed E-state index contributed by atoms with van der Waals surface area (Å²) >= 11 is 0. The van der Waals surface area contributed by atoms with E-state index >= 15 is 0 Å². The highest BCUT2D eigenvalue weighted by atomic mass is 16.5. The molecule has 108 valence electrons. The molecule has 3 N–H and O–H groups in total. The fourth-order valence-electron chi connectivity index (χ4n) is 1.98. The van der Waals surface area contributed by atoms with Crippen LogP contribution in [0.2, 0.25) is 0 Å². The lowest BCUT2D eigenvalue weighted by Crippen LogP contribution is -2.19. The van der Waals surface area contributed by atoms with Crippen LogP contribution in [-0.4, -0.2) is 22.8 Å². The molecule has 0 saturated heterocycles. The predicted octanol–water partition coefficient (Wildman–Crippen LogP) is 1.62. The van der Waals surface area contributed by atoms with Gasteiger partial charge in [-0.3, -0.25) is 9.48 Å². The minimum absolute atomic E-state index is 0.257. The number of para-hydroxylation sites is 1. The van der Waals surface area contributed by atoms with Crippen molar-refractivity contribution in [1.29, 1.82) is 5.26 Å². The first-order chi connectivity index (χ1) is 10.1. The number of nitriles is 1. The molecule has 0 unspecified atom stereocenters. The smallest absolute Gasteiger partial charge is 0.276 e. The predicted molar refractivity (Wildman–Crippen MR) is 78.0 cm³/mol. The minimum atomic E-state index is -0.437. The maximum Gasteiger partial charge on any atom is 0.276 e. The number of hydrogen-bond donors (Lipinski definition) is 2. The standard InChI is InChI=1S/C14H15N5O2/c1-3-19-13(10(16)8-17-19)14(20)18-12-9(7-15)5-4-6-11(12)21-2/h4-6,8H,3,16H2,1-2H3,(H,18,20). The van der Waals surface area contributed by atoms with Crippen molar-refractivity contribution in [3.63, 3.8) is 0 Å². The molecule has 0 atom stereocenters. The van der Waals surface area contributed by atoms with Crippen LogP contribution >= 0.6 is 0 Å². The number of benzene rings is 1. The maximum absolute atomic E-state index is 12.4. The van der Waals surface area contributed by atoms with Crippen molar-refractivity contribution in [1.82, 2.24) is 9.78 Å². The number of nitrogens with two attached hydrogens (primary N) is 1. The van der Waals surface area contributed by atoms with E-state index in [1.165, 1.54) is 18.0 Å². The summed E-state index contributed by atoms with van der Waals surface area (Å²) in [5.41, 5.74) is 6.93. The van der Waals surface area contributed by atoms with E-state index in [9.17, 15) is 4.79 Å². The van der Waals surface area contributed by atoms with Gasteiger partial charge in [0.15, 0.2) is 0 Å². The van der Waals surface area contributed by atoms with Gasteiger partial charge in [0.1, 0.15) is 23.2 Å². The van der Waals surface area contributed by atoms with E-state index in [0.29, 0.717) is 23.5 Å². The van der Waals surface area contributed by atoms with Gasteiger partial charge in [-0.2, -0.15) is 10.4 Å². The average molecular weight is 285 g/mol. The van der Waals surface area contributed by atoms with E-state index in [2.05, 4.69) is 10.4 Å². The monoisotopic (exact) mass is 285 g/mol. The number of nitrogens with one attached hydrogen (secondary N) is 1. The number of hydrogen-bond acceptors (Lipinski definition) is 5. The molecular formula is C14H15N5O2. The first kappa shape index (κ1) is 14.4. The van der Waals surface area contributed by atoms with Crippen LogP contribution in [0.25, 0.3) is 0 Å². The number of nitrogen functional groups attached to an aromatic ring is 1. The number of aromatic nitrogens is 2. The van der Waals surface area contributed by atoms with E-state index in [-0.39, 0.29) is 11.4 Å². The summed E-state index contributed by atoms with van der Waals surface area (Å²) in [4.78, 5) is 12.4. The molecule has 2 aromatic rings. The van der Waals surface area contributed by atoms with Gasteiger partial charge in [-0.1, -0.05) is 6.07 Å². The van der Waals surface area contributed by atoms with Crippen LogP contribution < -0.4 is 15.8 Å². The minimum Gasteiger partial charge on any atom is -0.495 e. The van der Waals surface area contributed by atoms with Gasteiger partial charge in [-0.15, -0.1) is 0 Å². The third kappa shape index (κ3) is 2.65. The summed E-state index contributed by atoms with van der Waals surface area (Å²) in [7, 11) is 1.47. The van der Waals surface area contributed by atoms with E-state index in [0.717, 1.165) is 0 Å². The number of carbonyl (C=O) groups excluding carboxylic acids is 1. The first-order valence-corrected chi connectivity index (χ1v) is 6.32. The van der Waals surface area contributed by atoms with Crippen LogP contribution in [0.3, 0.4) is 0 Å². The van der Waals surface area contributed by atoms with E-state index in [1.54, 1.807) is 18.2 Å². The normalized spacial score (nSPS) is 9.95. The van der Waals surface area contributed by atoms with Crippen molar-refractivity contribution in [3.8, 4) is 11.8 Å². The highest BCUT2D eigenvalue weighted by Crippen LogP contribution is 2.28. The van der Waals surface area contributed by atoms with Gasteiger partial charge in [-0.05, 0) is 19.1 Å². The molecule has 2 rings (SSSR count). The van der Waals surface area contributed by atoms with Crippen LogP contribution in [0.15, 0.2) is 24.4 Å². The van der Waals surface area contributed by atoms with Crippen molar-refractivity contribution >= 4 is 17.3 Å². The number of methoxy groups -OCH3 is 1. The molecule has 0 spiro atoms. The van der Waals surface area contributed by atoms with Crippen LogP contribution in [-0.2, 0) is 6.54 Å². The Morgan fingerprint density at radius 3 is 2.95 bits per heavy atom. The fourth-order valence-corrected chi connectivity index (χ4v) is 1.98. The second kappa shape index (κ2) is 5.96. The number of carbonyl (C=O) groups is 1. The van der Waals surface area contributed by atoms with Crippen LogP contribution in [0.4, 0.5) is 11.4 Å². The Balaban J connectivity index is 2.41. The molecule has 1 aromatic heterocycles. The molecule has 1 aromatic carbocycles. The third-order valence-electron chi connectivity index (χ3n) is 2.99. The van der Waals surface area contributed by atoms with Crippen molar-refractivity contribution < 1.29 is 9.53 Å². The molecule has 7 nitrogen and oxygen atoms in total. The quantitative estimate of drug-likeness (QED) is 0.887. The first-order valence-electron chi connectivity index (χ1n) is 6.32. The molecule has 0 aliphatic heterocycles. The molecule has 0 bridgehead atoms. The molecule has 1 heterocycles. The lowest BCUT2D eigenvalue weighted by atomic mass is 10.1. The van der Waals surface area contributed by atoms with E-state index in [1.807, 2.05) is 13.0 Å². The van der Waals surface area contributed by atoms with Gasteiger partial charge in [0, 0.05) is 6.54 Å². The Morgan fingerprint density at radius 1 is 1.57 bits per heavy atom. The number of rotatable bonds is 4. The number of ether oxygens (including phenoxy) is 1. The van der Waals surface area contributed by atoms with Gasteiger partial charge in [0.2, 0.25) is 0 Å². The van der Waals surface area contributed by atoms with Crippen molar-refractivity contribution in [2.24, 2.45) is 0 Å². The Bertz CT molecular complexity index is 715. The third-order valence-corrected chi connectivity index (χ3v) is 2.99. The van der Waals surface area contributed by atoms with Crippen molar-refractivity contribution in [3.05, 3.63) is 35.7 Å². The van der Waals surface area contributed by atoms with Crippen molar-refractivity contribution in [2.45, 2.75) is 13.5 Å². The molecule has 7 heteroatoms. The Morgan fingerprint density at radius 2 is 2.33 bits per heavy atom. The zero-order valence-corrected chi connectivity index (χ0v) is 11.8. The summed E-state index contributed by atoms with van der Waals surface area (Å²) in [6.45, 7) is 2.37. The van der Waals surface area contributed by atoms with E-state index < -0.39 is 5.91 Å². The zero-order valence-electron chi connectivity index (χ0n) is 11.8. The highest BCUT2D eigenvalue weighted by molar-refractivity contribution is 6.07. The molecule has 0 aliphatic rings. The Hall–Kier alpha value is -3.01. The lowest BCUT2D eigenvalue weighted by Gasteiger charge is -2.12. The highest BCUT2D eigenvalue weighted by Gasteiger charge is 2.19. The topological polar surface area (TPSA) is 106 Å². The van der Waals surface area contributed by atoms with Gasteiger partial charge in [0.05, 0.1) is 24.6 Å². The molecule has 0 saturated carbocycles. The SMILES string of the molecule is CCn1ncc(N)c1C(=O)Nc1c(C#N)cccc1OC. The van der Waals surface area contributed by atoms with Gasteiger partial charge >= 0.3 is 0 Å². The van der Waals surface area contributed by atoms with Crippen molar-refractivity contribution in [2.75, 3.05) is 18.2 Å².